The Balaban J connectivity index is 2.14. The summed E-state index contributed by atoms with van der Waals surface area (Å²) in [4.78, 5) is 0. The van der Waals surface area contributed by atoms with Crippen LogP contribution in [0, 0.1) is 5.92 Å². The lowest BCUT2D eigenvalue weighted by Crippen LogP contribution is -2.44. The second-order valence-corrected chi connectivity index (χ2v) is 10.5. The van der Waals surface area contributed by atoms with Crippen LogP contribution in [0.4, 0.5) is 0 Å². The minimum absolute atomic E-state index is 0.0251. The number of allylic oxidation sites excluding steroid dienone is 1. The average molecular weight is 244 g/mol. The molecule has 2 bridgehead atoms. The van der Waals surface area contributed by atoms with Crippen molar-refractivity contribution in [3.8, 4) is 0 Å². The number of fused-ring (bicyclic) bond motifs is 1. The van der Waals surface area contributed by atoms with Crippen LogP contribution in [-0.4, -0.2) is 30.8 Å². The van der Waals surface area contributed by atoms with Gasteiger partial charge in [0.15, 0.2) is 0 Å². The number of hydrogen-bond donors (Lipinski definition) is 0. The third kappa shape index (κ3) is 1.24. The molecule has 1 saturated heterocycles. The molecule has 1 fully saturated rings. The third-order valence-electron chi connectivity index (χ3n) is 3.69. The van der Waals surface area contributed by atoms with E-state index in [1.165, 1.54) is 0 Å². The lowest BCUT2D eigenvalue weighted by Gasteiger charge is -2.45. The fraction of sp³-hybridized carbons (Fsp3) is 0.600. The van der Waals surface area contributed by atoms with Gasteiger partial charge in [-0.25, -0.2) is 0 Å². The molecule has 4 rings (SSSR count). The van der Waals surface area contributed by atoms with Crippen molar-refractivity contribution >= 4 is 14.5 Å². The normalized spacial score (nSPS) is 60.9. The van der Waals surface area contributed by atoms with Crippen LogP contribution < -0.4 is 0 Å². The van der Waals surface area contributed by atoms with E-state index in [0.717, 1.165) is 0 Å². The number of hydrogen-bond acceptors (Lipinski definition) is 3. The second kappa shape index (κ2) is 2.77. The van der Waals surface area contributed by atoms with Gasteiger partial charge in [0.2, 0.25) is 7.37 Å². The summed E-state index contributed by atoms with van der Waals surface area (Å²) in [5.41, 5.74) is -0.115. The van der Waals surface area contributed by atoms with Crippen LogP contribution in [-0.2, 0) is 13.7 Å². The first-order valence-electron chi connectivity index (χ1n) is 5.12. The standard InChI is InChI=1S/C10H14O3P2/c1-14(11)6-5-7-8-3-4-9(10(7)14)15(2,12)13-8/h3-10H,1-2H3/t7-,8+,9-,10-,14?,15?/m0/s1. The van der Waals surface area contributed by atoms with E-state index in [1.54, 1.807) is 13.3 Å². The summed E-state index contributed by atoms with van der Waals surface area (Å²) < 4.78 is 30.2. The van der Waals surface area contributed by atoms with E-state index in [4.69, 9.17) is 4.52 Å². The fourth-order valence-electron chi connectivity index (χ4n) is 2.98. The first-order chi connectivity index (χ1) is 6.92. The highest BCUT2D eigenvalue weighted by atomic mass is 31.2. The predicted octanol–water partition coefficient (Wildman–Crippen LogP) is 2.74. The zero-order chi connectivity index (χ0) is 10.8. The molecule has 0 amide bonds. The first-order valence-corrected chi connectivity index (χ1v) is 9.55. The van der Waals surface area contributed by atoms with Gasteiger partial charge in [-0.1, -0.05) is 18.2 Å². The van der Waals surface area contributed by atoms with Crippen molar-refractivity contribution in [3.63, 3.8) is 0 Å². The second-order valence-electron chi connectivity index (χ2n) is 4.82. The average Bonchev–Trinajstić information content (AvgIpc) is 2.43. The largest absolute Gasteiger partial charge is 0.320 e. The maximum atomic E-state index is 12.4. The Hall–Kier alpha value is -0.100. The Morgan fingerprint density at radius 3 is 2.53 bits per heavy atom. The first kappa shape index (κ1) is 10.1. The maximum absolute atomic E-state index is 12.4. The highest BCUT2D eigenvalue weighted by Gasteiger charge is 2.56. The topological polar surface area (TPSA) is 43.4 Å². The SMILES string of the molecule is CP1(=O)C=C[C@@H]2[C@H]1[C@@H]1C=C[C@H]2OP1(C)=O. The lowest BCUT2D eigenvalue weighted by molar-refractivity contribution is 0.169. The van der Waals surface area contributed by atoms with Crippen molar-refractivity contribution in [1.29, 1.82) is 0 Å². The van der Waals surface area contributed by atoms with E-state index < -0.39 is 14.5 Å². The smallest absolute Gasteiger partial charge is 0.208 e. The van der Waals surface area contributed by atoms with Crippen LogP contribution in [0.3, 0.4) is 0 Å². The Kier molecular flexibility index (Phi) is 1.86. The monoisotopic (exact) mass is 244 g/mol. The summed E-state index contributed by atoms with van der Waals surface area (Å²) >= 11 is 0. The van der Waals surface area contributed by atoms with Crippen molar-refractivity contribution in [2.24, 2.45) is 5.92 Å². The Morgan fingerprint density at radius 1 is 1.13 bits per heavy atom. The van der Waals surface area contributed by atoms with Crippen molar-refractivity contribution in [2.45, 2.75) is 17.4 Å². The van der Waals surface area contributed by atoms with E-state index in [-0.39, 0.29) is 23.3 Å². The van der Waals surface area contributed by atoms with Crippen LogP contribution >= 0.6 is 14.5 Å². The summed E-state index contributed by atoms with van der Waals surface area (Å²) in [7, 11) is -4.88. The van der Waals surface area contributed by atoms with E-state index >= 15 is 0 Å². The summed E-state index contributed by atoms with van der Waals surface area (Å²) in [6.45, 7) is 3.46. The predicted molar refractivity (Wildman–Crippen MR) is 61.3 cm³/mol. The third-order valence-corrected chi connectivity index (χ3v) is 8.78. The van der Waals surface area contributed by atoms with Crippen LogP contribution in [0.5, 0.6) is 0 Å². The highest BCUT2D eigenvalue weighted by molar-refractivity contribution is 7.69. The minimum atomic E-state index is -2.60. The Morgan fingerprint density at radius 2 is 1.87 bits per heavy atom. The summed E-state index contributed by atoms with van der Waals surface area (Å²) in [5.74, 6) is 2.00. The molecular formula is C10H14O3P2. The maximum Gasteiger partial charge on any atom is 0.208 e. The van der Waals surface area contributed by atoms with Gasteiger partial charge in [0.05, 0.1) is 11.8 Å². The summed E-state index contributed by atoms with van der Waals surface area (Å²) in [5, 5.41) is 0. The van der Waals surface area contributed by atoms with Gasteiger partial charge in [0, 0.05) is 18.2 Å². The van der Waals surface area contributed by atoms with Crippen LogP contribution in [0.1, 0.15) is 0 Å². The van der Waals surface area contributed by atoms with Gasteiger partial charge in [-0.15, -0.1) is 0 Å². The minimum Gasteiger partial charge on any atom is -0.320 e. The van der Waals surface area contributed by atoms with Gasteiger partial charge in [0.25, 0.3) is 0 Å². The Bertz CT molecular complexity index is 465. The molecule has 3 heterocycles. The molecule has 2 unspecified atom stereocenters. The summed E-state index contributed by atoms with van der Waals surface area (Å²) in [6.07, 6.45) is 5.80. The van der Waals surface area contributed by atoms with Crippen LogP contribution in [0.25, 0.3) is 0 Å². The molecule has 0 radical (unpaired) electrons. The molecule has 0 spiro atoms. The van der Waals surface area contributed by atoms with Crippen molar-refractivity contribution in [1.82, 2.24) is 0 Å². The zero-order valence-electron chi connectivity index (χ0n) is 8.74. The van der Waals surface area contributed by atoms with E-state index in [0.29, 0.717) is 0 Å². The van der Waals surface area contributed by atoms with Gasteiger partial charge in [-0.2, -0.15) is 0 Å². The number of rotatable bonds is 0. The molecule has 0 N–H and O–H groups in total. The van der Waals surface area contributed by atoms with Gasteiger partial charge in [-0.3, -0.25) is 4.57 Å². The molecule has 0 saturated carbocycles. The molecule has 82 valence electrons. The van der Waals surface area contributed by atoms with E-state index in [1.807, 2.05) is 24.0 Å². The highest BCUT2D eigenvalue weighted by Crippen LogP contribution is 2.71. The molecule has 15 heavy (non-hydrogen) atoms. The van der Waals surface area contributed by atoms with Gasteiger partial charge in [-0.05, 0) is 12.5 Å². The summed E-state index contributed by atoms with van der Waals surface area (Å²) in [6, 6.07) is 0. The van der Waals surface area contributed by atoms with Crippen LogP contribution in [0.15, 0.2) is 24.0 Å². The molecule has 1 aliphatic carbocycles. The van der Waals surface area contributed by atoms with E-state index in [2.05, 4.69) is 0 Å². The van der Waals surface area contributed by atoms with Gasteiger partial charge in [0.1, 0.15) is 7.14 Å². The molecule has 3 aliphatic heterocycles. The lowest BCUT2D eigenvalue weighted by atomic mass is 9.91. The molecule has 0 aromatic carbocycles. The molecule has 6 atom stereocenters. The fourth-order valence-corrected chi connectivity index (χ4v) is 8.90. The van der Waals surface area contributed by atoms with Crippen molar-refractivity contribution in [3.05, 3.63) is 24.0 Å². The Labute approximate surface area is 89.4 Å². The zero-order valence-corrected chi connectivity index (χ0v) is 10.5. The molecule has 5 heteroatoms. The molecule has 0 aromatic rings. The van der Waals surface area contributed by atoms with E-state index in [9.17, 15) is 9.13 Å². The molecule has 3 nitrogen and oxygen atoms in total. The van der Waals surface area contributed by atoms with Crippen LogP contribution in [0.2, 0.25) is 0 Å². The van der Waals surface area contributed by atoms with Crippen molar-refractivity contribution < 1.29 is 13.7 Å². The molecular weight excluding hydrogens is 230 g/mol. The molecule has 4 aliphatic rings. The molecule has 0 aromatic heterocycles. The quantitative estimate of drug-likeness (QED) is 0.486. The van der Waals surface area contributed by atoms with Crippen molar-refractivity contribution in [2.75, 3.05) is 13.3 Å². The van der Waals surface area contributed by atoms with Gasteiger partial charge < -0.3 is 9.09 Å². The van der Waals surface area contributed by atoms with Gasteiger partial charge >= 0.3 is 0 Å².